The average Bonchev–Trinajstić information content (AvgIpc) is 2.55. The Kier molecular flexibility index (Phi) is 5.71. The van der Waals surface area contributed by atoms with E-state index in [4.69, 9.17) is 4.84 Å². The Hall–Kier alpha value is -2.42. The molecular weight excluding hydrogens is 262 g/mol. The maximum Gasteiger partial charge on any atom is 0.210 e. The van der Waals surface area contributed by atoms with Crippen molar-refractivity contribution < 1.29 is 9.63 Å². The van der Waals surface area contributed by atoms with E-state index in [2.05, 4.69) is 17.3 Å². The van der Waals surface area contributed by atoms with E-state index in [0.29, 0.717) is 17.9 Å². The van der Waals surface area contributed by atoms with Crippen LogP contribution in [0.4, 0.5) is 0 Å². The van der Waals surface area contributed by atoms with Gasteiger partial charge in [-0.1, -0.05) is 65.8 Å². The average molecular weight is 281 g/mol. The van der Waals surface area contributed by atoms with Crippen molar-refractivity contribution in [2.45, 2.75) is 19.8 Å². The molecule has 0 saturated carbocycles. The second-order valence-corrected chi connectivity index (χ2v) is 4.79. The molecule has 3 heteroatoms. The number of hydrogen-bond acceptors (Lipinski definition) is 3. The van der Waals surface area contributed by atoms with Gasteiger partial charge in [0.1, 0.15) is 12.3 Å². The number of carbonyl (C=O) groups excluding carboxylic acids is 1. The van der Waals surface area contributed by atoms with Gasteiger partial charge in [-0.3, -0.25) is 4.79 Å². The quantitative estimate of drug-likeness (QED) is 0.334. The van der Waals surface area contributed by atoms with E-state index >= 15 is 0 Å². The van der Waals surface area contributed by atoms with Gasteiger partial charge < -0.3 is 4.84 Å². The van der Waals surface area contributed by atoms with Crippen molar-refractivity contribution in [2.24, 2.45) is 5.16 Å². The van der Waals surface area contributed by atoms with E-state index in [1.54, 1.807) is 19.1 Å². The van der Waals surface area contributed by atoms with Crippen LogP contribution in [0.3, 0.4) is 0 Å². The first-order chi connectivity index (χ1) is 10.3. The molecule has 2 aromatic rings. The summed E-state index contributed by atoms with van der Waals surface area (Å²) in [5.74, 6) is -0.0985. The van der Waals surface area contributed by atoms with Crippen molar-refractivity contribution in [3.63, 3.8) is 0 Å². The molecule has 0 heterocycles. The van der Waals surface area contributed by atoms with Crippen LogP contribution in [0.5, 0.6) is 0 Å². The summed E-state index contributed by atoms with van der Waals surface area (Å²) in [5, 5.41) is 3.90. The molecule has 0 amide bonds. The van der Waals surface area contributed by atoms with Crippen molar-refractivity contribution in [3.05, 3.63) is 71.8 Å². The number of aryl methyl sites for hydroxylation is 1. The zero-order valence-electron chi connectivity index (χ0n) is 12.2. The van der Waals surface area contributed by atoms with Crippen LogP contribution >= 0.6 is 0 Å². The largest absolute Gasteiger partial charge is 0.395 e. The van der Waals surface area contributed by atoms with Crippen LogP contribution in [0.25, 0.3) is 0 Å². The number of oxime groups is 1. The predicted molar refractivity (Wildman–Crippen MR) is 84.6 cm³/mol. The SMILES string of the molecule is CC(=NOCCCc1ccccc1)C(=O)c1ccccc1. The molecule has 2 rings (SSSR count). The molecule has 108 valence electrons. The number of benzene rings is 2. The van der Waals surface area contributed by atoms with Gasteiger partial charge in [0.2, 0.25) is 5.78 Å². The van der Waals surface area contributed by atoms with Crippen LogP contribution in [-0.2, 0) is 11.3 Å². The molecule has 0 aromatic heterocycles. The Morgan fingerprint density at radius 1 is 1.00 bits per heavy atom. The first-order valence-corrected chi connectivity index (χ1v) is 7.07. The lowest BCUT2D eigenvalue weighted by Gasteiger charge is -2.03. The van der Waals surface area contributed by atoms with Gasteiger partial charge in [-0.15, -0.1) is 0 Å². The highest BCUT2D eigenvalue weighted by Gasteiger charge is 2.09. The van der Waals surface area contributed by atoms with Gasteiger partial charge in [0.05, 0.1) is 0 Å². The van der Waals surface area contributed by atoms with E-state index in [1.807, 2.05) is 36.4 Å². The molecule has 2 aromatic carbocycles. The zero-order chi connectivity index (χ0) is 14.9. The molecule has 0 radical (unpaired) electrons. The topological polar surface area (TPSA) is 38.7 Å². The van der Waals surface area contributed by atoms with Gasteiger partial charge in [0.15, 0.2) is 0 Å². The molecule has 0 atom stereocenters. The molecule has 0 spiro atoms. The third kappa shape index (κ3) is 4.88. The molecule has 0 fully saturated rings. The molecule has 0 unspecified atom stereocenters. The van der Waals surface area contributed by atoms with Gasteiger partial charge in [-0.2, -0.15) is 0 Å². The van der Waals surface area contributed by atoms with E-state index < -0.39 is 0 Å². The molecule has 0 aliphatic carbocycles. The number of Topliss-reactive ketones (excluding diaryl/α,β-unsaturated/α-hetero) is 1. The zero-order valence-corrected chi connectivity index (χ0v) is 12.2. The second kappa shape index (κ2) is 8.00. The summed E-state index contributed by atoms with van der Waals surface area (Å²) >= 11 is 0. The minimum Gasteiger partial charge on any atom is -0.395 e. The van der Waals surface area contributed by atoms with Gasteiger partial charge in [0, 0.05) is 5.56 Å². The summed E-state index contributed by atoms with van der Waals surface area (Å²) in [5.41, 5.74) is 2.29. The van der Waals surface area contributed by atoms with Gasteiger partial charge in [-0.05, 0) is 25.3 Å². The normalized spacial score (nSPS) is 11.2. The number of rotatable bonds is 7. The summed E-state index contributed by atoms with van der Waals surface area (Å²) in [6, 6.07) is 19.3. The molecule has 0 N–H and O–H groups in total. The first-order valence-electron chi connectivity index (χ1n) is 7.07. The third-order valence-electron chi connectivity index (χ3n) is 3.11. The lowest BCUT2D eigenvalue weighted by atomic mass is 10.1. The van der Waals surface area contributed by atoms with Crippen molar-refractivity contribution >= 4 is 11.5 Å². The minimum absolute atomic E-state index is 0.0985. The summed E-state index contributed by atoms with van der Waals surface area (Å²) in [6.07, 6.45) is 1.82. The van der Waals surface area contributed by atoms with Crippen molar-refractivity contribution in [2.75, 3.05) is 6.61 Å². The molecule has 21 heavy (non-hydrogen) atoms. The van der Waals surface area contributed by atoms with Crippen molar-refractivity contribution in [1.82, 2.24) is 0 Å². The fourth-order valence-corrected chi connectivity index (χ4v) is 1.97. The molecule has 0 bridgehead atoms. The van der Waals surface area contributed by atoms with E-state index in [-0.39, 0.29) is 5.78 Å². The lowest BCUT2D eigenvalue weighted by molar-refractivity contribution is 0.104. The highest BCUT2D eigenvalue weighted by atomic mass is 16.6. The van der Waals surface area contributed by atoms with E-state index in [9.17, 15) is 4.79 Å². The second-order valence-electron chi connectivity index (χ2n) is 4.79. The Morgan fingerprint density at radius 2 is 1.62 bits per heavy atom. The number of hydrogen-bond donors (Lipinski definition) is 0. The van der Waals surface area contributed by atoms with Crippen LogP contribution < -0.4 is 0 Å². The monoisotopic (exact) mass is 281 g/mol. The highest BCUT2D eigenvalue weighted by molar-refractivity contribution is 6.45. The lowest BCUT2D eigenvalue weighted by Crippen LogP contribution is -2.11. The summed E-state index contributed by atoms with van der Waals surface area (Å²) in [4.78, 5) is 17.2. The number of carbonyl (C=O) groups is 1. The maximum absolute atomic E-state index is 12.0. The predicted octanol–water partition coefficient (Wildman–Crippen LogP) is 3.89. The standard InChI is InChI=1S/C18H19NO2/c1-15(18(20)17-12-6-3-7-13-17)19-21-14-8-11-16-9-4-2-5-10-16/h2-7,9-10,12-13H,8,11,14H2,1H3. The Morgan fingerprint density at radius 3 is 2.29 bits per heavy atom. The van der Waals surface area contributed by atoms with Crippen LogP contribution in [0, 0.1) is 0 Å². The fourth-order valence-electron chi connectivity index (χ4n) is 1.97. The number of ketones is 1. The Labute approximate surface area is 125 Å². The number of nitrogens with zero attached hydrogens (tertiary/aromatic N) is 1. The molecule has 0 saturated heterocycles. The van der Waals surface area contributed by atoms with Gasteiger partial charge in [-0.25, -0.2) is 0 Å². The van der Waals surface area contributed by atoms with Crippen molar-refractivity contribution in [3.8, 4) is 0 Å². The molecule has 3 nitrogen and oxygen atoms in total. The van der Waals surface area contributed by atoms with Crippen LogP contribution in [0.15, 0.2) is 65.8 Å². The highest BCUT2D eigenvalue weighted by Crippen LogP contribution is 2.04. The molecule has 0 aliphatic rings. The summed E-state index contributed by atoms with van der Waals surface area (Å²) < 4.78 is 0. The summed E-state index contributed by atoms with van der Waals surface area (Å²) in [7, 11) is 0. The molecular formula is C18H19NO2. The van der Waals surface area contributed by atoms with Crippen LogP contribution in [-0.4, -0.2) is 18.1 Å². The van der Waals surface area contributed by atoms with Gasteiger partial charge >= 0.3 is 0 Å². The smallest absolute Gasteiger partial charge is 0.210 e. The minimum atomic E-state index is -0.0985. The Balaban J connectivity index is 1.75. The Bertz CT molecular complexity index is 591. The molecule has 0 aliphatic heterocycles. The van der Waals surface area contributed by atoms with Gasteiger partial charge in [0.25, 0.3) is 0 Å². The first kappa shape index (κ1) is 15.0. The van der Waals surface area contributed by atoms with Crippen molar-refractivity contribution in [1.29, 1.82) is 0 Å². The van der Waals surface area contributed by atoms with E-state index in [1.165, 1.54) is 5.56 Å². The van der Waals surface area contributed by atoms with E-state index in [0.717, 1.165) is 12.8 Å². The third-order valence-corrected chi connectivity index (χ3v) is 3.11. The summed E-state index contributed by atoms with van der Waals surface area (Å²) in [6.45, 7) is 2.18. The maximum atomic E-state index is 12.0. The van der Waals surface area contributed by atoms with Crippen LogP contribution in [0.2, 0.25) is 0 Å². The van der Waals surface area contributed by atoms with Crippen LogP contribution in [0.1, 0.15) is 29.3 Å². The fraction of sp³-hybridized carbons (Fsp3) is 0.222.